The van der Waals surface area contributed by atoms with E-state index in [0.717, 1.165) is 38.0 Å². The van der Waals surface area contributed by atoms with Crippen molar-refractivity contribution in [2.75, 3.05) is 13.1 Å². The van der Waals surface area contributed by atoms with E-state index >= 15 is 0 Å². The summed E-state index contributed by atoms with van der Waals surface area (Å²) >= 11 is 0. The van der Waals surface area contributed by atoms with Gasteiger partial charge in [-0.1, -0.05) is 50.1 Å². The molecular weight excluding hydrogens is 468 g/mol. The normalized spacial score (nSPS) is 18.5. The summed E-state index contributed by atoms with van der Waals surface area (Å²) in [5.41, 5.74) is 0.712. The lowest BCUT2D eigenvalue weighted by Crippen LogP contribution is -2.38. The van der Waals surface area contributed by atoms with Crippen molar-refractivity contribution in [1.29, 1.82) is 0 Å². The fraction of sp³-hybridized carbons (Fsp3) is 0.690. The van der Waals surface area contributed by atoms with Gasteiger partial charge in [-0.3, -0.25) is 14.6 Å². The quantitative estimate of drug-likeness (QED) is 0.379. The van der Waals surface area contributed by atoms with E-state index in [1.54, 1.807) is 4.90 Å². The van der Waals surface area contributed by atoms with Crippen molar-refractivity contribution in [2.24, 2.45) is 5.92 Å². The topological polar surface area (TPSA) is 98.4 Å². The van der Waals surface area contributed by atoms with Crippen molar-refractivity contribution >= 4 is 11.9 Å². The van der Waals surface area contributed by atoms with Crippen LogP contribution in [-0.2, 0) is 9.53 Å². The summed E-state index contributed by atoms with van der Waals surface area (Å²) < 4.78 is 11.2. The average Bonchev–Trinajstić information content (AvgIpc) is 3.38. The van der Waals surface area contributed by atoms with E-state index in [9.17, 15) is 9.59 Å². The van der Waals surface area contributed by atoms with Gasteiger partial charge in [-0.25, -0.2) is 0 Å². The lowest BCUT2D eigenvalue weighted by Gasteiger charge is -2.31. The summed E-state index contributed by atoms with van der Waals surface area (Å²) in [7, 11) is 0. The van der Waals surface area contributed by atoms with Crippen LogP contribution in [0.3, 0.4) is 0 Å². The van der Waals surface area contributed by atoms with Crippen LogP contribution in [0.2, 0.25) is 0 Å². The van der Waals surface area contributed by atoms with Gasteiger partial charge in [0.1, 0.15) is 5.60 Å². The molecule has 2 fully saturated rings. The van der Waals surface area contributed by atoms with Gasteiger partial charge in [0.15, 0.2) is 0 Å². The third kappa shape index (κ3) is 8.11. The molecule has 1 atom stereocenters. The Labute approximate surface area is 220 Å². The Kier molecular flexibility index (Phi) is 9.33. The second kappa shape index (κ2) is 12.7. The summed E-state index contributed by atoms with van der Waals surface area (Å²) in [5, 5.41) is 4.03. The monoisotopic (exact) mass is 510 g/mol. The Morgan fingerprint density at radius 3 is 2.46 bits per heavy atom. The van der Waals surface area contributed by atoms with Crippen LogP contribution < -0.4 is 0 Å². The molecule has 0 bridgehead atoms. The molecule has 8 nitrogen and oxygen atoms in total. The Bertz CT molecular complexity index is 1000. The number of rotatable bonds is 9. The van der Waals surface area contributed by atoms with Crippen LogP contribution in [0.5, 0.6) is 0 Å². The van der Waals surface area contributed by atoms with E-state index in [2.05, 4.69) is 15.1 Å². The summed E-state index contributed by atoms with van der Waals surface area (Å²) in [6.07, 6.45) is 15.1. The highest BCUT2D eigenvalue weighted by Crippen LogP contribution is 2.32. The number of carbonyl (C=O) groups is 2. The predicted molar refractivity (Wildman–Crippen MR) is 140 cm³/mol. The molecule has 1 amide bonds. The fourth-order valence-corrected chi connectivity index (χ4v) is 5.71. The molecule has 37 heavy (non-hydrogen) atoms. The van der Waals surface area contributed by atoms with Gasteiger partial charge in [0.05, 0.1) is 6.42 Å². The standard InChI is InChI=1S/C29H42N4O4/c1-29(2,3)36-25(34)20-24(11-7-10-21-8-5-4-6-9-21)27-31-26(32-37-27)28(35)33-18-14-23(15-19-33)22-12-16-30-17-13-22/h12-13,16-17,21,23-24H,4-11,14-15,18-20H2,1-3H3. The molecule has 202 valence electrons. The number of esters is 1. The predicted octanol–water partition coefficient (Wildman–Crippen LogP) is 6.05. The molecule has 4 rings (SSSR count). The summed E-state index contributed by atoms with van der Waals surface area (Å²) in [6, 6.07) is 4.10. The molecule has 2 aromatic rings. The van der Waals surface area contributed by atoms with Gasteiger partial charge in [-0.05, 0) is 69.6 Å². The van der Waals surface area contributed by atoms with E-state index in [1.165, 1.54) is 37.7 Å². The molecule has 2 aromatic heterocycles. The van der Waals surface area contributed by atoms with E-state index in [-0.39, 0.29) is 30.0 Å². The summed E-state index contributed by atoms with van der Waals surface area (Å²) in [5.74, 6) is 0.912. The molecule has 3 heterocycles. The van der Waals surface area contributed by atoms with E-state index in [4.69, 9.17) is 9.26 Å². The van der Waals surface area contributed by atoms with Crippen LogP contribution in [0, 0.1) is 5.92 Å². The highest BCUT2D eigenvalue weighted by atomic mass is 16.6. The first-order valence-electron chi connectivity index (χ1n) is 14.0. The minimum atomic E-state index is -0.553. The van der Waals surface area contributed by atoms with Gasteiger partial charge in [0, 0.05) is 31.4 Å². The van der Waals surface area contributed by atoms with E-state index in [1.807, 2.05) is 45.3 Å². The zero-order valence-electron chi connectivity index (χ0n) is 22.7. The minimum absolute atomic E-state index is 0.0823. The Balaban J connectivity index is 1.36. The number of piperidine rings is 1. The van der Waals surface area contributed by atoms with Gasteiger partial charge in [-0.15, -0.1) is 0 Å². The number of nitrogens with zero attached hydrogens (tertiary/aromatic N) is 4. The Morgan fingerprint density at radius 2 is 1.78 bits per heavy atom. The maximum absolute atomic E-state index is 13.1. The first-order chi connectivity index (χ1) is 17.8. The zero-order valence-corrected chi connectivity index (χ0v) is 22.7. The minimum Gasteiger partial charge on any atom is -0.460 e. The largest absolute Gasteiger partial charge is 0.460 e. The van der Waals surface area contributed by atoms with Crippen molar-refractivity contribution in [2.45, 2.75) is 109 Å². The van der Waals surface area contributed by atoms with E-state index in [0.29, 0.717) is 24.9 Å². The van der Waals surface area contributed by atoms with Crippen LogP contribution >= 0.6 is 0 Å². The van der Waals surface area contributed by atoms with E-state index < -0.39 is 5.60 Å². The molecule has 8 heteroatoms. The molecule has 0 N–H and O–H groups in total. The van der Waals surface area contributed by atoms with Crippen molar-refractivity contribution in [3.8, 4) is 0 Å². The van der Waals surface area contributed by atoms with Crippen LogP contribution in [0.4, 0.5) is 0 Å². The number of amides is 1. The Hall–Kier alpha value is -2.77. The number of hydrogen-bond donors (Lipinski definition) is 0. The SMILES string of the molecule is CC(C)(C)OC(=O)CC(CCCC1CCCCC1)c1nc(C(=O)N2CCC(c3ccncc3)CC2)no1. The highest BCUT2D eigenvalue weighted by molar-refractivity contribution is 5.90. The highest BCUT2D eigenvalue weighted by Gasteiger charge is 2.30. The summed E-state index contributed by atoms with van der Waals surface area (Å²) in [4.78, 5) is 36.2. The van der Waals surface area contributed by atoms with Gasteiger partial charge < -0.3 is 14.2 Å². The second-order valence-corrected chi connectivity index (χ2v) is 11.7. The Morgan fingerprint density at radius 1 is 1.08 bits per heavy atom. The number of carbonyl (C=O) groups excluding carboxylic acids is 2. The smallest absolute Gasteiger partial charge is 0.307 e. The lowest BCUT2D eigenvalue weighted by molar-refractivity contribution is -0.155. The van der Waals surface area contributed by atoms with Crippen molar-refractivity contribution in [3.05, 3.63) is 41.8 Å². The summed E-state index contributed by atoms with van der Waals surface area (Å²) in [6.45, 7) is 6.90. The molecule has 1 unspecified atom stereocenters. The number of likely N-dealkylation sites (tertiary alicyclic amines) is 1. The van der Waals surface area contributed by atoms with Gasteiger partial charge in [0.25, 0.3) is 11.7 Å². The van der Waals surface area contributed by atoms with Crippen LogP contribution in [0.25, 0.3) is 0 Å². The average molecular weight is 511 g/mol. The van der Waals surface area contributed by atoms with Gasteiger partial charge in [-0.2, -0.15) is 4.98 Å². The maximum atomic E-state index is 13.1. The van der Waals surface area contributed by atoms with Crippen molar-refractivity contribution in [1.82, 2.24) is 20.0 Å². The van der Waals surface area contributed by atoms with Crippen molar-refractivity contribution in [3.63, 3.8) is 0 Å². The first-order valence-corrected chi connectivity index (χ1v) is 14.0. The molecular formula is C29H42N4O4. The third-order valence-corrected chi connectivity index (χ3v) is 7.66. The number of hydrogen-bond acceptors (Lipinski definition) is 7. The molecule has 0 radical (unpaired) electrons. The molecule has 2 aliphatic rings. The van der Waals surface area contributed by atoms with Crippen LogP contribution in [0.1, 0.15) is 125 Å². The van der Waals surface area contributed by atoms with Crippen molar-refractivity contribution < 1.29 is 18.8 Å². The molecule has 1 aliphatic carbocycles. The molecule has 0 aromatic carbocycles. The van der Waals surface area contributed by atoms with Crippen LogP contribution in [0.15, 0.2) is 29.0 Å². The van der Waals surface area contributed by atoms with Crippen LogP contribution in [-0.4, -0.2) is 50.6 Å². The van der Waals surface area contributed by atoms with Gasteiger partial charge in [0.2, 0.25) is 5.89 Å². The first kappa shape index (κ1) is 27.3. The zero-order chi connectivity index (χ0) is 26.3. The fourth-order valence-electron chi connectivity index (χ4n) is 5.71. The molecule has 0 spiro atoms. The number of pyridine rings is 1. The third-order valence-electron chi connectivity index (χ3n) is 7.66. The number of aromatic nitrogens is 3. The second-order valence-electron chi connectivity index (χ2n) is 11.7. The molecule has 1 aliphatic heterocycles. The lowest BCUT2D eigenvalue weighted by atomic mass is 9.84. The van der Waals surface area contributed by atoms with Gasteiger partial charge >= 0.3 is 5.97 Å². The molecule has 1 saturated carbocycles. The number of ether oxygens (including phenoxy) is 1. The molecule has 1 saturated heterocycles. The maximum Gasteiger partial charge on any atom is 0.307 e.